The number of hydrogen-bond donors (Lipinski definition) is 2. The second-order valence-corrected chi connectivity index (χ2v) is 20.5. The second-order valence-electron chi connectivity index (χ2n) is 16.2. The number of ether oxygens (including phenoxy) is 2. The quantitative estimate of drug-likeness (QED) is 0.187. The van der Waals surface area contributed by atoms with E-state index in [0.29, 0.717) is 6.61 Å². The van der Waals surface area contributed by atoms with Crippen molar-refractivity contribution in [2.24, 2.45) is 35.0 Å². The number of carbonyl (C=O) groups excluding carboxylic acids is 1. The minimum Gasteiger partial charge on any atom is -0.465 e. The highest BCUT2D eigenvalue weighted by atomic mass is 28.4. The van der Waals surface area contributed by atoms with E-state index in [1.807, 2.05) is 41.5 Å². The fourth-order valence-corrected chi connectivity index (χ4v) is 11.8. The number of carbonyl (C=O) groups is 1. The third-order valence-corrected chi connectivity index (χ3v) is 15.2. The molecule has 0 unspecified atom stereocenters. The molecule has 1 heterocycles. The van der Waals surface area contributed by atoms with Gasteiger partial charge in [0.2, 0.25) is 0 Å². The lowest BCUT2D eigenvalue weighted by Crippen LogP contribution is -2.67. The summed E-state index contributed by atoms with van der Waals surface area (Å²) in [5.74, 6) is -0.764. The largest absolute Gasteiger partial charge is 0.465 e. The lowest BCUT2D eigenvalue weighted by molar-refractivity contribution is -0.160. The predicted octanol–water partition coefficient (Wildman–Crippen LogP) is 6.60. The molecule has 0 aromatic heterocycles. The molecule has 3 rings (SSSR count). The van der Waals surface area contributed by atoms with Crippen LogP contribution in [0.5, 0.6) is 0 Å². The minimum atomic E-state index is -2.66. The zero-order valence-corrected chi connectivity index (χ0v) is 31.3. The third-order valence-electron chi connectivity index (χ3n) is 10.2. The van der Waals surface area contributed by atoms with Crippen molar-refractivity contribution < 1.29 is 28.9 Å². The number of aliphatic hydroxyl groups excluding tert-OH is 2. The van der Waals surface area contributed by atoms with Crippen molar-refractivity contribution in [2.45, 2.75) is 118 Å². The number of aliphatic hydroxyl groups is 2. The topological polar surface area (TPSA) is 85.2 Å². The maximum absolute atomic E-state index is 12.3. The Bertz CT molecular complexity index is 1170. The first-order valence-electron chi connectivity index (χ1n) is 17.4. The van der Waals surface area contributed by atoms with Crippen molar-refractivity contribution in [2.75, 3.05) is 13.2 Å². The lowest BCUT2D eigenvalue weighted by atomic mass is 9.77. The molecule has 0 amide bonds. The highest BCUT2D eigenvalue weighted by molar-refractivity contribution is 6.99. The summed E-state index contributed by atoms with van der Waals surface area (Å²) in [6, 6.07) is 21.4. The van der Waals surface area contributed by atoms with Gasteiger partial charge >= 0.3 is 5.97 Å². The van der Waals surface area contributed by atoms with Crippen LogP contribution in [0.25, 0.3) is 0 Å². The molecule has 0 saturated carbocycles. The number of hydrogen-bond acceptors (Lipinski definition) is 6. The fourth-order valence-electron chi connectivity index (χ4n) is 7.10. The zero-order valence-electron chi connectivity index (χ0n) is 30.3. The van der Waals surface area contributed by atoms with E-state index in [0.717, 1.165) is 12.8 Å². The van der Waals surface area contributed by atoms with Crippen molar-refractivity contribution in [3.8, 4) is 0 Å². The van der Waals surface area contributed by atoms with Gasteiger partial charge < -0.3 is 24.1 Å². The van der Waals surface area contributed by atoms with Crippen LogP contribution in [0.3, 0.4) is 0 Å². The average molecular weight is 655 g/mol. The van der Waals surface area contributed by atoms with Crippen molar-refractivity contribution in [3.63, 3.8) is 0 Å². The van der Waals surface area contributed by atoms with Crippen molar-refractivity contribution >= 4 is 24.7 Å². The summed E-state index contributed by atoms with van der Waals surface area (Å²) < 4.78 is 19.5. The van der Waals surface area contributed by atoms with Gasteiger partial charge in [0.05, 0.1) is 36.4 Å². The van der Waals surface area contributed by atoms with Crippen LogP contribution >= 0.6 is 0 Å². The monoisotopic (exact) mass is 654 g/mol. The van der Waals surface area contributed by atoms with Gasteiger partial charge in [0.15, 0.2) is 0 Å². The Kier molecular flexibility index (Phi) is 13.3. The first kappa shape index (κ1) is 38.4. The van der Waals surface area contributed by atoms with Crippen LogP contribution in [0.4, 0.5) is 0 Å². The Hall–Kier alpha value is -2.03. The van der Waals surface area contributed by atoms with Gasteiger partial charge in [-0.25, -0.2) is 0 Å². The van der Waals surface area contributed by atoms with E-state index in [-0.39, 0.29) is 53.5 Å². The highest BCUT2D eigenvalue weighted by Crippen LogP contribution is 2.39. The van der Waals surface area contributed by atoms with Crippen LogP contribution in [0, 0.1) is 35.0 Å². The maximum Gasteiger partial charge on any atom is 0.311 e. The molecule has 0 bridgehead atoms. The predicted molar refractivity (Wildman–Crippen MR) is 190 cm³/mol. The van der Waals surface area contributed by atoms with Crippen LogP contribution in [0.2, 0.25) is 5.04 Å². The highest BCUT2D eigenvalue weighted by Gasteiger charge is 2.50. The summed E-state index contributed by atoms with van der Waals surface area (Å²) in [6.45, 7) is 23.2. The molecule has 0 spiro atoms. The van der Waals surface area contributed by atoms with Crippen molar-refractivity contribution in [1.82, 2.24) is 0 Å². The Morgan fingerprint density at radius 1 is 0.848 bits per heavy atom. The van der Waals surface area contributed by atoms with Gasteiger partial charge in [0.1, 0.15) is 0 Å². The summed E-state index contributed by atoms with van der Waals surface area (Å²) in [6.07, 6.45) is 0.216. The molecule has 1 saturated heterocycles. The molecule has 9 atom stereocenters. The third kappa shape index (κ3) is 8.90. The number of benzene rings is 2. The molecule has 258 valence electrons. The molecule has 2 N–H and O–H groups in total. The van der Waals surface area contributed by atoms with E-state index >= 15 is 0 Å². The first-order chi connectivity index (χ1) is 21.4. The van der Waals surface area contributed by atoms with Gasteiger partial charge in [-0.1, -0.05) is 116 Å². The normalized spacial score (nSPS) is 23.5. The Labute approximate surface area is 280 Å². The standard InChI is InChI=1S/C39H62O6Si/c1-26-22-23-33(45-36(26)30(5)35(41)29(4)34(40)28(3)24-43-37(42)38(6,7)8)27(2)25-44-46(39(9,10)11,31-18-14-12-15-19-31)32-20-16-13-17-21-32/h12-21,26-30,33-36,40-41H,22-25H2,1-11H3/t26-,27+,28-,29-,30-,33-,34-,35-,36-/m0/s1. The van der Waals surface area contributed by atoms with E-state index in [4.69, 9.17) is 13.9 Å². The second kappa shape index (κ2) is 15.9. The van der Waals surface area contributed by atoms with Crippen LogP contribution in [0.15, 0.2) is 60.7 Å². The van der Waals surface area contributed by atoms with Crippen molar-refractivity contribution in [1.29, 1.82) is 0 Å². The van der Waals surface area contributed by atoms with Gasteiger partial charge in [0.25, 0.3) is 8.32 Å². The number of rotatable bonds is 13. The first-order valence-corrected chi connectivity index (χ1v) is 19.3. The molecule has 6 nitrogen and oxygen atoms in total. The smallest absolute Gasteiger partial charge is 0.311 e. The summed E-state index contributed by atoms with van der Waals surface area (Å²) in [7, 11) is -2.66. The van der Waals surface area contributed by atoms with Gasteiger partial charge in [-0.05, 0) is 54.9 Å². The summed E-state index contributed by atoms with van der Waals surface area (Å²) >= 11 is 0. The molecule has 1 aliphatic rings. The molecule has 0 radical (unpaired) electrons. The molecular weight excluding hydrogens is 593 g/mol. The van der Waals surface area contributed by atoms with Gasteiger partial charge in [0, 0.05) is 30.3 Å². The molecule has 2 aromatic rings. The van der Waals surface area contributed by atoms with Gasteiger partial charge in [-0.3, -0.25) is 4.79 Å². The molecule has 2 aromatic carbocycles. The molecule has 7 heteroatoms. The fraction of sp³-hybridized carbons (Fsp3) is 0.667. The van der Waals surface area contributed by atoms with E-state index in [1.165, 1.54) is 10.4 Å². The van der Waals surface area contributed by atoms with Crippen LogP contribution in [-0.2, 0) is 18.7 Å². The van der Waals surface area contributed by atoms with E-state index in [2.05, 4.69) is 95.3 Å². The molecule has 0 aliphatic carbocycles. The Morgan fingerprint density at radius 3 is 1.85 bits per heavy atom. The molecule has 46 heavy (non-hydrogen) atoms. The summed E-state index contributed by atoms with van der Waals surface area (Å²) in [4.78, 5) is 12.3. The van der Waals surface area contributed by atoms with Crippen LogP contribution in [-0.4, -0.2) is 62.1 Å². The molecule has 1 fully saturated rings. The molecule has 1 aliphatic heterocycles. The van der Waals surface area contributed by atoms with Crippen LogP contribution < -0.4 is 10.4 Å². The molecular formula is C39H62O6Si. The maximum atomic E-state index is 12.3. The lowest BCUT2D eigenvalue weighted by Gasteiger charge is -2.45. The Morgan fingerprint density at radius 2 is 1.37 bits per heavy atom. The summed E-state index contributed by atoms with van der Waals surface area (Å²) in [5, 5.41) is 25.0. The minimum absolute atomic E-state index is 0.00466. The van der Waals surface area contributed by atoms with Crippen LogP contribution in [0.1, 0.15) is 89.0 Å². The van der Waals surface area contributed by atoms with E-state index in [1.54, 1.807) is 0 Å². The van der Waals surface area contributed by atoms with Crippen molar-refractivity contribution in [3.05, 3.63) is 60.7 Å². The van der Waals surface area contributed by atoms with E-state index in [9.17, 15) is 15.0 Å². The SMILES string of the molecule is C[C@H]([C@H](O)[C@H](C)[C@H]1O[C@H]([C@H](C)CO[Si](c2ccccc2)(c2ccccc2)C(C)(C)C)CC[C@@H]1C)[C@@H](O)[C@@H](C)COC(=O)C(C)(C)C. The number of esters is 1. The van der Waals surface area contributed by atoms with Gasteiger partial charge in [-0.2, -0.15) is 0 Å². The average Bonchev–Trinajstić information content (AvgIpc) is 3.02. The van der Waals surface area contributed by atoms with E-state index < -0.39 is 31.9 Å². The van der Waals surface area contributed by atoms with Gasteiger partial charge in [-0.15, -0.1) is 0 Å². The Balaban J connectivity index is 1.72. The zero-order chi connectivity index (χ0) is 34.4. The summed E-state index contributed by atoms with van der Waals surface area (Å²) in [5.41, 5.74) is -0.600.